The number of hydrogen-bond acceptors (Lipinski definition) is 4. The Labute approximate surface area is 121 Å². The van der Waals surface area contributed by atoms with E-state index in [9.17, 15) is 14.5 Å². The van der Waals surface area contributed by atoms with Crippen LogP contribution < -0.4 is 10.5 Å². The smallest absolute Gasteiger partial charge is 0.269 e. The lowest BCUT2D eigenvalue weighted by molar-refractivity contribution is -0.384. The van der Waals surface area contributed by atoms with Gasteiger partial charge < -0.3 is 10.5 Å². The largest absolute Gasteiger partial charge is 0.493 e. The molecule has 0 aliphatic rings. The van der Waals surface area contributed by atoms with Gasteiger partial charge in [0.1, 0.15) is 11.6 Å². The highest BCUT2D eigenvalue weighted by Crippen LogP contribution is 2.17. The molecule has 0 aliphatic carbocycles. The minimum absolute atomic E-state index is 0.0531. The molecule has 6 heteroatoms. The van der Waals surface area contributed by atoms with Crippen molar-refractivity contribution < 1.29 is 14.1 Å². The first-order valence-corrected chi connectivity index (χ1v) is 6.44. The lowest BCUT2D eigenvalue weighted by Gasteiger charge is -2.08. The van der Waals surface area contributed by atoms with Crippen LogP contribution in [-0.4, -0.2) is 11.5 Å². The number of nitro benzene ring substituents is 1. The van der Waals surface area contributed by atoms with Gasteiger partial charge in [-0.1, -0.05) is 12.1 Å². The summed E-state index contributed by atoms with van der Waals surface area (Å²) < 4.78 is 18.8. The Morgan fingerprint density at radius 1 is 1.14 bits per heavy atom. The highest BCUT2D eigenvalue weighted by molar-refractivity contribution is 5.33. The van der Waals surface area contributed by atoms with Crippen molar-refractivity contribution in [2.75, 3.05) is 6.61 Å². The Kier molecular flexibility index (Phi) is 4.84. The monoisotopic (exact) mass is 290 g/mol. The summed E-state index contributed by atoms with van der Waals surface area (Å²) in [7, 11) is 0. The number of nitrogens with zero attached hydrogens (tertiary/aromatic N) is 1. The third kappa shape index (κ3) is 4.25. The third-order valence-electron chi connectivity index (χ3n) is 2.97. The van der Waals surface area contributed by atoms with Crippen molar-refractivity contribution in [3.05, 3.63) is 69.5 Å². The molecule has 21 heavy (non-hydrogen) atoms. The number of rotatable bonds is 6. The van der Waals surface area contributed by atoms with Crippen LogP contribution in [0.3, 0.4) is 0 Å². The Morgan fingerprint density at radius 3 is 2.48 bits per heavy atom. The maximum Gasteiger partial charge on any atom is 0.269 e. The zero-order valence-electron chi connectivity index (χ0n) is 11.3. The van der Waals surface area contributed by atoms with E-state index in [1.54, 1.807) is 18.2 Å². The van der Waals surface area contributed by atoms with E-state index in [2.05, 4.69) is 0 Å². The highest BCUT2D eigenvalue weighted by Gasteiger charge is 2.05. The molecule has 110 valence electrons. The van der Waals surface area contributed by atoms with Crippen LogP contribution in [0, 0.1) is 15.9 Å². The second-order valence-corrected chi connectivity index (χ2v) is 4.52. The molecule has 0 fully saturated rings. The first-order chi connectivity index (χ1) is 10.1. The molecule has 5 nitrogen and oxygen atoms in total. The Bertz CT molecular complexity index is 629. The number of nitro groups is 1. The van der Waals surface area contributed by atoms with E-state index in [1.807, 2.05) is 0 Å². The predicted octanol–water partition coefficient (Wildman–Crippen LogP) is 2.81. The molecule has 0 saturated carbocycles. The van der Waals surface area contributed by atoms with E-state index in [0.717, 1.165) is 5.56 Å². The number of benzene rings is 2. The number of halogens is 1. The fourth-order valence-electron chi connectivity index (χ4n) is 1.89. The molecular formula is C15H15FN2O3. The van der Waals surface area contributed by atoms with Gasteiger partial charge in [0.05, 0.1) is 11.5 Å². The maximum absolute atomic E-state index is 13.3. The third-order valence-corrected chi connectivity index (χ3v) is 2.97. The molecule has 0 spiro atoms. The molecule has 2 aromatic rings. The molecule has 0 saturated heterocycles. The first-order valence-electron chi connectivity index (χ1n) is 6.44. The van der Waals surface area contributed by atoms with Crippen molar-refractivity contribution in [1.82, 2.24) is 0 Å². The fourth-order valence-corrected chi connectivity index (χ4v) is 1.89. The topological polar surface area (TPSA) is 78.4 Å². The van der Waals surface area contributed by atoms with Crippen LogP contribution in [0.2, 0.25) is 0 Å². The SMILES string of the molecule is NCc1cc(F)cc(OCCc2ccc([N+](=O)[O-])cc2)c1. The molecule has 2 aromatic carbocycles. The van der Waals surface area contributed by atoms with Crippen LogP contribution in [0.15, 0.2) is 42.5 Å². The Balaban J connectivity index is 1.92. The molecule has 0 aromatic heterocycles. The summed E-state index contributed by atoms with van der Waals surface area (Å²) in [5, 5.41) is 10.5. The molecule has 2 rings (SSSR count). The summed E-state index contributed by atoms with van der Waals surface area (Å²) in [6, 6.07) is 10.6. The van der Waals surface area contributed by atoms with E-state index in [-0.39, 0.29) is 18.0 Å². The van der Waals surface area contributed by atoms with Crippen LogP contribution in [-0.2, 0) is 13.0 Å². The second-order valence-electron chi connectivity index (χ2n) is 4.52. The van der Waals surface area contributed by atoms with Crippen molar-refractivity contribution in [3.63, 3.8) is 0 Å². The average Bonchev–Trinajstić information content (AvgIpc) is 2.47. The second kappa shape index (κ2) is 6.81. The quantitative estimate of drug-likeness (QED) is 0.655. The van der Waals surface area contributed by atoms with Crippen molar-refractivity contribution in [2.45, 2.75) is 13.0 Å². The fraction of sp³-hybridized carbons (Fsp3) is 0.200. The van der Waals surface area contributed by atoms with Crippen LogP contribution in [0.5, 0.6) is 5.75 Å². The highest BCUT2D eigenvalue weighted by atomic mass is 19.1. The van der Waals surface area contributed by atoms with Gasteiger partial charge in [0, 0.05) is 31.2 Å². The van der Waals surface area contributed by atoms with Gasteiger partial charge in [-0.05, 0) is 23.3 Å². The number of nitrogens with two attached hydrogens (primary N) is 1. The molecule has 2 N–H and O–H groups in total. The molecule has 0 atom stereocenters. The van der Waals surface area contributed by atoms with Crippen LogP contribution >= 0.6 is 0 Å². The molecular weight excluding hydrogens is 275 g/mol. The summed E-state index contributed by atoms with van der Waals surface area (Å²) in [5.74, 6) is 0.0423. The molecule has 0 bridgehead atoms. The Morgan fingerprint density at radius 2 is 1.86 bits per heavy atom. The molecule has 0 radical (unpaired) electrons. The molecule has 0 amide bonds. The van der Waals surface area contributed by atoms with Crippen LogP contribution in [0.4, 0.5) is 10.1 Å². The molecule has 0 aliphatic heterocycles. The summed E-state index contributed by atoms with van der Waals surface area (Å²) in [6.45, 7) is 0.599. The van der Waals surface area contributed by atoms with Gasteiger partial charge in [0.15, 0.2) is 0 Å². The van der Waals surface area contributed by atoms with Gasteiger partial charge in [-0.2, -0.15) is 0 Å². The van der Waals surface area contributed by atoms with E-state index < -0.39 is 4.92 Å². The molecule has 0 heterocycles. The summed E-state index contributed by atoms with van der Waals surface area (Å²) in [6.07, 6.45) is 0.576. The van der Waals surface area contributed by atoms with Gasteiger partial charge in [0.2, 0.25) is 0 Å². The van der Waals surface area contributed by atoms with Crippen molar-refractivity contribution >= 4 is 5.69 Å². The van der Waals surface area contributed by atoms with Gasteiger partial charge >= 0.3 is 0 Å². The van der Waals surface area contributed by atoms with Crippen molar-refractivity contribution in [1.29, 1.82) is 0 Å². The Hall–Kier alpha value is -2.47. The number of non-ortho nitro benzene ring substituents is 1. The van der Waals surface area contributed by atoms with Crippen LogP contribution in [0.25, 0.3) is 0 Å². The summed E-state index contributed by atoms with van der Waals surface area (Å²) >= 11 is 0. The maximum atomic E-state index is 13.3. The average molecular weight is 290 g/mol. The summed E-state index contributed by atoms with van der Waals surface area (Å²) in [4.78, 5) is 10.1. The number of hydrogen-bond donors (Lipinski definition) is 1. The van der Waals surface area contributed by atoms with Gasteiger partial charge in [0.25, 0.3) is 5.69 Å². The van der Waals surface area contributed by atoms with Gasteiger partial charge in [-0.15, -0.1) is 0 Å². The van der Waals surface area contributed by atoms with Crippen molar-refractivity contribution in [2.24, 2.45) is 5.73 Å². The minimum Gasteiger partial charge on any atom is -0.493 e. The zero-order valence-corrected chi connectivity index (χ0v) is 11.3. The van der Waals surface area contributed by atoms with Crippen LogP contribution in [0.1, 0.15) is 11.1 Å². The van der Waals surface area contributed by atoms with Gasteiger partial charge in [-0.25, -0.2) is 4.39 Å². The minimum atomic E-state index is -0.443. The molecule has 0 unspecified atom stereocenters. The van der Waals surface area contributed by atoms with Crippen molar-refractivity contribution in [3.8, 4) is 5.75 Å². The summed E-state index contributed by atoms with van der Waals surface area (Å²) in [5.41, 5.74) is 7.10. The normalized spacial score (nSPS) is 10.4. The van der Waals surface area contributed by atoms with E-state index in [4.69, 9.17) is 10.5 Å². The zero-order chi connectivity index (χ0) is 15.2. The lowest BCUT2D eigenvalue weighted by Crippen LogP contribution is -2.03. The van der Waals surface area contributed by atoms with Gasteiger partial charge in [-0.3, -0.25) is 10.1 Å². The first kappa shape index (κ1) is 14.9. The number of ether oxygens (including phenoxy) is 1. The van der Waals surface area contributed by atoms with E-state index in [1.165, 1.54) is 24.3 Å². The van der Waals surface area contributed by atoms with E-state index >= 15 is 0 Å². The lowest BCUT2D eigenvalue weighted by atomic mass is 10.1. The standard InChI is InChI=1S/C15H15FN2O3/c16-13-7-12(10-17)8-15(9-13)21-6-5-11-1-3-14(4-2-11)18(19)20/h1-4,7-9H,5-6,10,17H2. The van der Waals surface area contributed by atoms with E-state index in [0.29, 0.717) is 24.3 Å². The predicted molar refractivity (Wildman–Crippen MR) is 76.6 cm³/mol.